The molecule has 3 heteroatoms. The number of hydrogen-bond acceptors (Lipinski definition) is 2. The lowest BCUT2D eigenvalue weighted by Gasteiger charge is -2.28. The topological polar surface area (TPSA) is 18.5 Å². The molecule has 0 spiro atoms. The number of benzene rings is 1. The lowest BCUT2D eigenvalue weighted by Crippen LogP contribution is -2.25. The molecule has 1 heterocycles. The maximum atomic E-state index is 13.1. The standard InChI is InChI=1S/C19H23FO2/c1-2-3-14-12-21-19(22-13-14)17-6-4-15(5-7-17)16-8-10-18(20)11-9-16/h2-7,10,14,16,19H,8-9,11-13H2,1H3/b3-2+/t14-,16?,19-. The average Bonchev–Trinajstić information content (AvgIpc) is 2.57. The molecule has 1 fully saturated rings. The predicted molar refractivity (Wildman–Crippen MR) is 85.2 cm³/mol. The molecule has 0 aromatic heterocycles. The van der Waals surface area contributed by atoms with Crippen molar-refractivity contribution in [2.75, 3.05) is 13.2 Å². The Morgan fingerprint density at radius 3 is 2.36 bits per heavy atom. The average molecular weight is 302 g/mol. The van der Waals surface area contributed by atoms with Gasteiger partial charge in [0.25, 0.3) is 0 Å². The highest BCUT2D eigenvalue weighted by atomic mass is 19.1. The predicted octanol–water partition coefficient (Wildman–Crippen LogP) is 5.05. The summed E-state index contributed by atoms with van der Waals surface area (Å²) in [5.74, 6) is 0.817. The van der Waals surface area contributed by atoms with Crippen LogP contribution in [-0.2, 0) is 9.47 Å². The second kappa shape index (κ2) is 7.21. The Hall–Kier alpha value is -1.45. The molecular formula is C19H23FO2. The largest absolute Gasteiger partial charge is 0.348 e. The van der Waals surface area contributed by atoms with Crippen molar-refractivity contribution in [3.63, 3.8) is 0 Å². The van der Waals surface area contributed by atoms with Crippen molar-refractivity contribution in [2.45, 2.75) is 38.4 Å². The Kier molecular flexibility index (Phi) is 5.06. The van der Waals surface area contributed by atoms with Crippen molar-refractivity contribution >= 4 is 0 Å². The second-order valence-electron chi connectivity index (χ2n) is 6.07. The molecule has 3 rings (SSSR count). The smallest absolute Gasteiger partial charge is 0.183 e. The minimum absolute atomic E-state index is 0.0348. The molecule has 1 aromatic rings. The zero-order valence-corrected chi connectivity index (χ0v) is 13.0. The van der Waals surface area contributed by atoms with E-state index in [0.29, 0.717) is 31.5 Å². The van der Waals surface area contributed by atoms with Gasteiger partial charge in [0, 0.05) is 11.5 Å². The molecule has 1 atom stereocenters. The van der Waals surface area contributed by atoms with Crippen molar-refractivity contribution in [1.82, 2.24) is 0 Å². The van der Waals surface area contributed by atoms with Crippen LogP contribution in [0.2, 0.25) is 0 Å². The van der Waals surface area contributed by atoms with Crippen LogP contribution in [0.25, 0.3) is 0 Å². The first kappa shape index (κ1) is 15.4. The van der Waals surface area contributed by atoms with Crippen LogP contribution in [0.1, 0.15) is 49.5 Å². The van der Waals surface area contributed by atoms with Gasteiger partial charge in [-0.1, -0.05) is 42.5 Å². The summed E-state index contributed by atoms with van der Waals surface area (Å²) in [5, 5.41) is 0. The Balaban J connectivity index is 1.60. The molecule has 22 heavy (non-hydrogen) atoms. The Labute approximate surface area is 131 Å². The van der Waals surface area contributed by atoms with Gasteiger partial charge in [-0.05, 0) is 37.7 Å². The van der Waals surface area contributed by atoms with Crippen LogP contribution in [0.4, 0.5) is 4.39 Å². The van der Waals surface area contributed by atoms with Crippen LogP contribution < -0.4 is 0 Å². The molecule has 0 amide bonds. The van der Waals surface area contributed by atoms with Gasteiger partial charge >= 0.3 is 0 Å². The fourth-order valence-corrected chi connectivity index (χ4v) is 3.12. The van der Waals surface area contributed by atoms with E-state index in [-0.39, 0.29) is 12.1 Å². The second-order valence-corrected chi connectivity index (χ2v) is 6.07. The number of halogens is 1. The molecule has 118 valence electrons. The summed E-state index contributed by atoms with van der Waals surface area (Å²) in [6, 6.07) is 8.40. The highest BCUT2D eigenvalue weighted by Crippen LogP contribution is 2.33. The summed E-state index contributed by atoms with van der Waals surface area (Å²) in [4.78, 5) is 0. The van der Waals surface area contributed by atoms with E-state index in [4.69, 9.17) is 9.47 Å². The normalized spacial score (nSPS) is 29.5. The summed E-state index contributed by atoms with van der Waals surface area (Å²) in [6.45, 7) is 3.41. The van der Waals surface area contributed by atoms with Gasteiger partial charge < -0.3 is 9.47 Å². The maximum absolute atomic E-state index is 13.1. The summed E-state index contributed by atoms with van der Waals surface area (Å²) in [6.07, 6.45) is 7.86. The molecule has 0 bridgehead atoms. The molecule has 2 aliphatic rings. The van der Waals surface area contributed by atoms with E-state index in [1.807, 2.05) is 13.0 Å². The van der Waals surface area contributed by atoms with Crippen LogP contribution in [0, 0.1) is 5.92 Å². The third-order valence-electron chi connectivity index (χ3n) is 4.42. The third kappa shape index (κ3) is 3.65. The van der Waals surface area contributed by atoms with E-state index >= 15 is 0 Å². The van der Waals surface area contributed by atoms with Crippen molar-refractivity contribution in [3.8, 4) is 0 Å². The molecule has 1 aromatic carbocycles. The van der Waals surface area contributed by atoms with Gasteiger partial charge in [-0.15, -0.1) is 0 Å². The minimum Gasteiger partial charge on any atom is -0.348 e. The quantitative estimate of drug-likeness (QED) is 0.728. The fourth-order valence-electron chi connectivity index (χ4n) is 3.12. The van der Waals surface area contributed by atoms with E-state index in [1.54, 1.807) is 6.08 Å². The number of hydrogen-bond donors (Lipinski definition) is 0. The van der Waals surface area contributed by atoms with E-state index in [0.717, 1.165) is 18.4 Å². The number of rotatable bonds is 3. The van der Waals surface area contributed by atoms with Gasteiger partial charge in [-0.2, -0.15) is 0 Å². The molecule has 1 aliphatic heterocycles. The number of ether oxygens (including phenoxy) is 2. The van der Waals surface area contributed by atoms with Gasteiger partial charge in [0.15, 0.2) is 6.29 Å². The molecule has 2 nitrogen and oxygen atoms in total. The highest BCUT2D eigenvalue weighted by molar-refractivity contribution is 5.28. The molecular weight excluding hydrogens is 279 g/mol. The van der Waals surface area contributed by atoms with E-state index < -0.39 is 0 Å². The lowest BCUT2D eigenvalue weighted by atomic mass is 9.87. The first-order chi connectivity index (χ1) is 10.8. The van der Waals surface area contributed by atoms with Crippen LogP contribution in [0.5, 0.6) is 0 Å². The van der Waals surface area contributed by atoms with Gasteiger partial charge in [0.1, 0.15) is 0 Å². The van der Waals surface area contributed by atoms with Crippen molar-refractivity contribution in [1.29, 1.82) is 0 Å². The van der Waals surface area contributed by atoms with Gasteiger partial charge in [0.05, 0.1) is 19.0 Å². The zero-order valence-electron chi connectivity index (χ0n) is 13.0. The highest BCUT2D eigenvalue weighted by Gasteiger charge is 2.22. The minimum atomic E-state index is -0.265. The Morgan fingerprint density at radius 1 is 1.09 bits per heavy atom. The van der Waals surface area contributed by atoms with Crippen molar-refractivity contribution < 1.29 is 13.9 Å². The molecule has 1 unspecified atom stereocenters. The monoisotopic (exact) mass is 302 g/mol. The van der Waals surface area contributed by atoms with Crippen LogP contribution in [-0.4, -0.2) is 13.2 Å². The van der Waals surface area contributed by atoms with Gasteiger partial charge in [-0.25, -0.2) is 4.39 Å². The SMILES string of the molecule is C/C=C/[C@H]1CO[C@H](c2ccc(C3CC=C(F)CC3)cc2)OC1. The molecule has 1 saturated heterocycles. The van der Waals surface area contributed by atoms with Crippen LogP contribution >= 0.6 is 0 Å². The summed E-state index contributed by atoms with van der Waals surface area (Å²) in [5.41, 5.74) is 2.33. The molecule has 0 N–H and O–H groups in total. The molecule has 1 aliphatic carbocycles. The third-order valence-corrected chi connectivity index (χ3v) is 4.42. The Morgan fingerprint density at radius 2 is 1.77 bits per heavy atom. The first-order valence-corrected chi connectivity index (χ1v) is 8.06. The molecule has 0 radical (unpaired) electrons. The summed E-state index contributed by atoms with van der Waals surface area (Å²) >= 11 is 0. The van der Waals surface area contributed by atoms with Gasteiger partial charge in [-0.3, -0.25) is 0 Å². The van der Waals surface area contributed by atoms with Crippen LogP contribution in [0.3, 0.4) is 0 Å². The van der Waals surface area contributed by atoms with E-state index in [9.17, 15) is 4.39 Å². The summed E-state index contributed by atoms with van der Waals surface area (Å²) < 4.78 is 24.7. The molecule has 0 saturated carbocycles. The summed E-state index contributed by atoms with van der Waals surface area (Å²) in [7, 11) is 0. The first-order valence-electron chi connectivity index (χ1n) is 8.06. The van der Waals surface area contributed by atoms with Gasteiger partial charge in [0.2, 0.25) is 0 Å². The van der Waals surface area contributed by atoms with Crippen LogP contribution in [0.15, 0.2) is 48.3 Å². The zero-order chi connectivity index (χ0) is 15.4. The lowest BCUT2D eigenvalue weighted by molar-refractivity contribution is -0.197. The van der Waals surface area contributed by atoms with E-state index in [1.165, 1.54) is 5.56 Å². The fraction of sp³-hybridized carbons (Fsp3) is 0.474. The Bertz CT molecular complexity index is 539. The van der Waals surface area contributed by atoms with Crippen molar-refractivity contribution in [2.24, 2.45) is 5.92 Å². The van der Waals surface area contributed by atoms with Crippen molar-refractivity contribution in [3.05, 3.63) is 59.4 Å². The number of allylic oxidation sites excluding steroid dienone is 3. The van der Waals surface area contributed by atoms with E-state index in [2.05, 4.69) is 30.3 Å². The maximum Gasteiger partial charge on any atom is 0.183 e.